The van der Waals surface area contributed by atoms with Crippen molar-refractivity contribution in [2.75, 3.05) is 26.2 Å². The van der Waals surface area contributed by atoms with Gasteiger partial charge in [-0.3, -0.25) is 0 Å². The number of fused-ring (bicyclic) bond motifs is 2. The molecule has 0 spiro atoms. The molecule has 0 aromatic heterocycles. The summed E-state index contributed by atoms with van der Waals surface area (Å²) >= 11 is 0. The van der Waals surface area contributed by atoms with Crippen LogP contribution in [-0.4, -0.2) is 64.3 Å². The van der Waals surface area contributed by atoms with E-state index in [4.69, 9.17) is 0 Å². The van der Waals surface area contributed by atoms with E-state index in [1.807, 2.05) is 20.8 Å². The lowest BCUT2D eigenvalue weighted by Crippen LogP contribution is -2.45. The van der Waals surface area contributed by atoms with Crippen molar-refractivity contribution >= 4 is 30.1 Å². The average Bonchev–Trinajstić information content (AvgIpc) is 3.00. The molecule has 9 nitrogen and oxygen atoms in total. The molecule has 45 heavy (non-hydrogen) atoms. The fourth-order valence-electron chi connectivity index (χ4n) is 5.18. The Morgan fingerprint density at radius 3 is 1.04 bits per heavy atom. The third-order valence-corrected chi connectivity index (χ3v) is 13.5. The fourth-order valence-corrected chi connectivity index (χ4v) is 9.44. The number of benzene rings is 4. The van der Waals surface area contributed by atoms with Gasteiger partial charge in [0.05, 0.1) is 14.7 Å². The molecule has 238 valence electrons. The van der Waals surface area contributed by atoms with Crippen molar-refractivity contribution in [3.63, 3.8) is 0 Å². The Kier molecular flexibility index (Phi) is 9.64. The lowest BCUT2D eigenvalue weighted by atomic mass is 10.1. The van der Waals surface area contributed by atoms with Crippen molar-refractivity contribution in [2.24, 2.45) is 0 Å². The highest BCUT2D eigenvalue weighted by atomic mass is 32.2. The van der Waals surface area contributed by atoms with E-state index in [-0.39, 0.29) is 54.0 Å². The van der Waals surface area contributed by atoms with E-state index in [9.17, 15) is 25.3 Å². The quantitative estimate of drug-likeness (QED) is 0.295. The van der Waals surface area contributed by atoms with Gasteiger partial charge in [-0.05, 0) is 68.3 Å². The Morgan fingerprint density at radius 1 is 0.422 bits per heavy atom. The van der Waals surface area contributed by atoms with E-state index in [0.717, 1.165) is 16.7 Å². The van der Waals surface area contributed by atoms with E-state index in [1.54, 1.807) is 84.9 Å². The zero-order valence-electron chi connectivity index (χ0n) is 25.5. The zero-order valence-corrected chi connectivity index (χ0v) is 27.9. The van der Waals surface area contributed by atoms with E-state index < -0.39 is 30.1 Å². The largest absolute Gasteiger partial charge is 0.243 e. The van der Waals surface area contributed by atoms with Crippen LogP contribution < -0.4 is 0 Å². The molecule has 1 heterocycles. The molecular weight excluding hydrogens is 631 g/mol. The molecule has 0 saturated carbocycles. The summed E-state index contributed by atoms with van der Waals surface area (Å²) in [7, 11) is -12.1. The second-order valence-corrected chi connectivity index (χ2v) is 17.2. The zero-order chi connectivity index (χ0) is 32.4. The molecule has 4 aromatic rings. The van der Waals surface area contributed by atoms with Gasteiger partial charge in [0.15, 0.2) is 0 Å². The smallest absolute Gasteiger partial charge is 0.207 e. The molecule has 2 bridgehead atoms. The van der Waals surface area contributed by atoms with Gasteiger partial charge < -0.3 is 0 Å². The number of nitrogens with zero attached hydrogens (tertiary/aromatic N) is 3. The SMILES string of the molecule is Cc1ccc(S(=O)(=O)N2CCN(S(=O)(=O)c3ccc(C)cc3)Cc3cccc(c3)CN(S(=O)(=O)c3ccc(C)cc3)CC2)cc1. The summed E-state index contributed by atoms with van der Waals surface area (Å²) in [4.78, 5) is 0.269. The third-order valence-electron chi connectivity index (χ3n) is 7.88. The summed E-state index contributed by atoms with van der Waals surface area (Å²) in [6.07, 6.45) is 0. The average molecular weight is 668 g/mol. The molecule has 0 atom stereocenters. The molecule has 0 amide bonds. The van der Waals surface area contributed by atoms with Crippen molar-refractivity contribution < 1.29 is 25.3 Å². The molecule has 5 rings (SSSR count). The molecule has 0 N–H and O–H groups in total. The normalized spacial score (nSPS) is 16.5. The molecular formula is C33H37N3O6S3. The van der Waals surface area contributed by atoms with Crippen molar-refractivity contribution in [2.45, 2.75) is 48.5 Å². The highest BCUT2D eigenvalue weighted by Gasteiger charge is 2.32. The summed E-state index contributed by atoms with van der Waals surface area (Å²) in [6.45, 7) is 4.90. The first-order valence-corrected chi connectivity index (χ1v) is 18.9. The van der Waals surface area contributed by atoms with Gasteiger partial charge in [-0.2, -0.15) is 12.9 Å². The predicted molar refractivity (Wildman–Crippen MR) is 174 cm³/mol. The van der Waals surface area contributed by atoms with Crippen molar-refractivity contribution in [1.29, 1.82) is 0 Å². The highest BCUT2D eigenvalue weighted by Crippen LogP contribution is 2.25. The Labute approximate surface area is 266 Å². The van der Waals surface area contributed by atoms with Gasteiger partial charge in [-0.25, -0.2) is 25.3 Å². The van der Waals surface area contributed by atoms with Gasteiger partial charge in [0.25, 0.3) is 0 Å². The van der Waals surface area contributed by atoms with Gasteiger partial charge in [-0.15, -0.1) is 0 Å². The molecule has 12 heteroatoms. The fraction of sp³-hybridized carbons (Fsp3) is 0.273. The topological polar surface area (TPSA) is 112 Å². The summed E-state index contributed by atoms with van der Waals surface area (Å²) in [5.74, 6) is 0. The first kappa shape index (κ1) is 33.0. The highest BCUT2D eigenvalue weighted by molar-refractivity contribution is 7.89. The van der Waals surface area contributed by atoms with Crippen molar-refractivity contribution in [3.05, 3.63) is 125 Å². The van der Waals surface area contributed by atoms with Crippen LogP contribution in [0.5, 0.6) is 0 Å². The number of aryl methyl sites for hydroxylation is 3. The third kappa shape index (κ3) is 7.37. The monoisotopic (exact) mass is 667 g/mol. The Balaban J connectivity index is 1.59. The molecule has 0 radical (unpaired) electrons. The number of hydrogen-bond donors (Lipinski definition) is 0. The minimum Gasteiger partial charge on any atom is -0.207 e. The van der Waals surface area contributed by atoms with E-state index in [0.29, 0.717) is 11.1 Å². The predicted octanol–water partition coefficient (Wildman–Crippen LogP) is 4.70. The number of rotatable bonds is 6. The van der Waals surface area contributed by atoms with Crippen molar-refractivity contribution in [1.82, 2.24) is 12.9 Å². The lowest BCUT2D eigenvalue weighted by molar-refractivity contribution is 0.309. The second kappa shape index (κ2) is 13.1. The van der Waals surface area contributed by atoms with Crippen LogP contribution in [0.4, 0.5) is 0 Å². The number of hydrogen-bond acceptors (Lipinski definition) is 6. The first-order valence-electron chi connectivity index (χ1n) is 14.6. The van der Waals surface area contributed by atoms with Gasteiger partial charge in [0.1, 0.15) is 0 Å². The molecule has 0 aliphatic carbocycles. The molecule has 0 saturated heterocycles. The maximum atomic E-state index is 14.0. The second-order valence-electron chi connectivity index (χ2n) is 11.3. The summed E-state index contributed by atoms with van der Waals surface area (Å²) in [6, 6.07) is 26.6. The minimum absolute atomic E-state index is 0.0207. The van der Waals surface area contributed by atoms with Crippen LogP contribution in [0.15, 0.2) is 112 Å². The molecule has 0 fully saturated rings. The number of sulfonamides is 3. The summed E-state index contributed by atoms with van der Waals surface area (Å²) in [5, 5.41) is 0. The van der Waals surface area contributed by atoms with E-state index in [1.165, 1.54) is 25.0 Å². The summed E-state index contributed by atoms with van der Waals surface area (Å²) < 4.78 is 87.4. The van der Waals surface area contributed by atoms with Crippen LogP contribution in [0, 0.1) is 20.8 Å². The van der Waals surface area contributed by atoms with E-state index >= 15 is 0 Å². The Hall–Kier alpha value is -3.39. The van der Waals surface area contributed by atoms with Crippen LogP contribution in [0.25, 0.3) is 0 Å². The van der Waals surface area contributed by atoms with Gasteiger partial charge >= 0.3 is 0 Å². The first-order chi connectivity index (χ1) is 21.3. The van der Waals surface area contributed by atoms with Crippen LogP contribution in [0.3, 0.4) is 0 Å². The maximum absolute atomic E-state index is 14.0. The van der Waals surface area contributed by atoms with Gasteiger partial charge in [0.2, 0.25) is 30.1 Å². The summed E-state index contributed by atoms with van der Waals surface area (Å²) in [5.41, 5.74) is 4.02. The van der Waals surface area contributed by atoms with Gasteiger partial charge in [-0.1, -0.05) is 77.4 Å². The molecule has 0 unspecified atom stereocenters. The van der Waals surface area contributed by atoms with Gasteiger partial charge in [0, 0.05) is 39.3 Å². The molecule has 1 aliphatic rings. The Morgan fingerprint density at radius 2 is 0.711 bits per heavy atom. The molecule has 4 aromatic carbocycles. The molecule has 1 aliphatic heterocycles. The maximum Gasteiger partial charge on any atom is 0.243 e. The Bertz CT molecular complexity index is 1870. The standard InChI is InChI=1S/C33H37N3O6S3/c1-26-7-13-31(14-8-26)43(37,38)34-19-21-35(44(39,40)32-15-9-27(2)10-16-32)24-29-5-4-6-30(23-29)25-36(22-20-34)45(41,42)33-17-11-28(3)12-18-33/h4-18,23H,19-22,24-25H2,1-3H3. The van der Waals surface area contributed by atoms with Crippen LogP contribution in [0.2, 0.25) is 0 Å². The van der Waals surface area contributed by atoms with Crippen LogP contribution in [0.1, 0.15) is 27.8 Å². The van der Waals surface area contributed by atoms with Crippen molar-refractivity contribution in [3.8, 4) is 0 Å². The van der Waals surface area contributed by atoms with Crippen LogP contribution >= 0.6 is 0 Å². The minimum atomic E-state index is -4.12. The van der Waals surface area contributed by atoms with Crippen LogP contribution in [-0.2, 0) is 43.2 Å². The lowest BCUT2D eigenvalue weighted by Gasteiger charge is -2.30. The van der Waals surface area contributed by atoms with E-state index in [2.05, 4.69) is 0 Å².